The van der Waals surface area contributed by atoms with Crippen LogP contribution in [0.2, 0.25) is 0 Å². The molecule has 0 N–H and O–H groups in total. The lowest BCUT2D eigenvalue weighted by molar-refractivity contribution is -0.147. The number of esters is 1. The van der Waals surface area contributed by atoms with Crippen molar-refractivity contribution in [2.75, 3.05) is 26.4 Å². The minimum Gasteiger partial charge on any atom is -0.463 e. The highest BCUT2D eigenvalue weighted by molar-refractivity contribution is 5.69. The summed E-state index contributed by atoms with van der Waals surface area (Å²) >= 11 is 0. The lowest BCUT2D eigenvalue weighted by Crippen LogP contribution is -2.12. The first kappa shape index (κ1) is 20.4. The highest BCUT2D eigenvalue weighted by Crippen LogP contribution is 2.04. The molecule has 0 unspecified atom stereocenters. The van der Waals surface area contributed by atoms with E-state index >= 15 is 0 Å². The number of carbonyl (C=O) groups is 1. The minimum atomic E-state index is -0.145. The molecule has 0 aromatic rings. The molecule has 4 nitrogen and oxygen atoms in total. The molecule has 0 bridgehead atoms. The van der Waals surface area contributed by atoms with Gasteiger partial charge in [-0.15, -0.1) is 0 Å². The third-order valence-corrected chi connectivity index (χ3v) is 3.05. The van der Waals surface area contributed by atoms with Gasteiger partial charge in [-0.25, -0.2) is 0 Å². The highest BCUT2D eigenvalue weighted by atomic mass is 16.5. The van der Waals surface area contributed by atoms with E-state index in [0.29, 0.717) is 32.7 Å². The predicted molar refractivity (Wildman–Crippen MR) is 85.5 cm³/mol. The van der Waals surface area contributed by atoms with Crippen LogP contribution in [0, 0.1) is 0 Å². The Labute approximate surface area is 130 Å². The molecule has 0 aliphatic rings. The van der Waals surface area contributed by atoms with Gasteiger partial charge in [0.15, 0.2) is 0 Å². The molecule has 21 heavy (non-hydrogen) atoms. The summed E-state index contributed by atoms with van der Waals surface area (Å²) < 4.78 is 16.0. The third-order valence-electron chi connectivity index (χ3n) is 3.05. The van der Waals surface area contributed by atoms with Crippen LogP contribution in [0.5, 0.6) is 0 Å². The molecule has 4 heteroatoms. The number of ether oxygens (including phenoxy) is 3. The zero-order chi connectivity index (χ0) is 15.8. The van der Waals surface area contributed by atoms with Crippen LogP contribution in [0.4, 0.5) is 0 Å². The molecular formula is C17H34O4. The van der Waals surface area contributed by atoms with Crippen molar-refractivity contribution in [3.63, 3.8) is 0 Å². The van der Waals surface area contributed by atoms with E-state index in [1.165, 1.54) is 32.1 Å². The third kappa shape index (κ3) is 17.3. The van der Waals surface area contributed by atoms with Crippen molar-refractivity contribution >= 4 is 5.97 Å². The van der Waals surface area contributed by atoms with Gasteiger partial charge in [-0.2, -0.15) is 0 Å². The summed E-state index contributed by atoms with van der Waals surface area (Å²) in [6.45, 7) is 8.62. The van der Waals surface area contributed by atoms with Crippen LogP contribution in [0.15, 0.2) is 0 Å². The summed E-state index contributed by atoms with van der Waals surface area (Å²) in [5.74, 6) is -0.145. The standard InChI is InChI=1S/C17H34O4/c1-4-5-6-7-8-9-12-19-14-15-20-13-10-11-17(18)21-16(2)3/h16H,4-15H2,1-3H3. The van der Waals surface area contributed by atoms with E-state index in [9.17, 15) is 4.79 Å². The molecule has 0 rings (SSSR count). The van der Waals surface area contributed by atoms with E-state index in [1.807, 2.05) is 13.8 Å². The molecule has 0 aliphatic carbocycles. The highest BCUT2D eigenvalue weighted by Gasteiger charge is 2.04. The molecule has 0 spiro atoms. The SMILES string of the molecule is CCCCCCCCOCCOCCCC(=O)OC(C)C. The van der Waals surface area contributed by atoms with Crippen molar-refractivity contribution in [1.82, 2.24) is 0 Å². The molecule has 0 saturated heterocycles. The number of hydrogen-bond acceptors (Lipinski definition) is 4. The van der Waals surface area contributed by atoms with Crippen LogP contribution in [-0.4, -0.2) is 38.5 Å². The van der Waals surface area contributed by atoms with Crippen LogP contribution in [0.1, 0.15) is 72.1 Å². The van der Waals surface area contributed by atoms with Gasteiger partial charge in [0.2, 0.25) is 0 Å². The molecule has 0 fully saturated rings. The number of rotatable bonds is 15. The summed E-state index contributed by atoms with van der Waals surface area (Å²) in [6, 6.07) is 0. The summed E-state index contributed by atoms with van der Waals surface area (Å²) in [5, 5.41) is 0. The van der Waals surface area contributed by atoms with Gasteiger partial charge < -0.3 is 14.2 Å². The Bertz CT molecular complexity index is 229. The van der Waals surface area contributed by atoms with Crippen molar-refractivity contribution < 1.29 is 19.0 Å². The van der Waals surface area contributed by atoms with E-state index in [4.69, 9.17) is 14.2 Å². The van der Waals surface area contributed by atoms with Crippen LogP contribution in [-0.2, 0) is 19.0 Å². The molecule has 0 aromatic heterocycles. The summed E-state index contributed by atoms with van der Waals surface area (Å²) in [4.78, 5) is 11.3. The monoisotopic (exact) mass is 302 g/mol. The van der Waals surface area contributed by atoms with Crippen LogP contribution in [0.3, 0.4) is 0 Å². The van der Waals surface area contributed by atoms with Crippen molar-refractivity contribution in [1.29, 1.82) is 0 Å². The normalized spacial score (nSPS) is 11.0. The topological polar surface area (TPSA) is 44.8 Å². The quantitative estimate of drug-likeness (QED) is 0.337. The van der Waals surface area contributed by atoms with Gasteiger partial charge in [0.25, 0.3) is 0 Å². The second kappa shape index (κ2) is 15.8. The Balaban J connectivity index is 3.07. The fourth-order valence-corrected chi connectivity index (χ4v) is 1.95. The largest absolute Gasteiger partial charge is 0.463 e. The molecule has 0 atom stereocenters. The molecule has 126 valence electrons. The number of hydrogen-bond donors (Lipinski definition) is 0. The fraction of sp³-hybridized carbons (Fsp3) is 0.941. The molecule has 0 aliphatic heterocycles. The Morgan fingerprint density at radius 3 is 2.00 bits per heavy atom. The van der Waals surface area contributed by atoms with Gasteiger partial charge in [-0.3, -0.25) is 4.79 Å². The van der Waals surface area contributed by atoms with E-state index < -0.39 is 0 Å². The first-order valence-electron chi connectivity index (χ1n) is 8.51. The molecule has 0 saturated carbocycles. The Morgan fingerprint density at radius 2 is 1.38 bits per heavy atom. The van der Waals surface area contributed by atoms with Gasteiger partial charge in [0.05, 0.1) is 19.3 Å². The van der Waals surface area contributed by atoms with Crippen molar-refractivity contribution in [2.45, 2.75) is 78.2 Å². The average Bonchev–Trinajstić information content (AvgIpc) is 2.43. The lowest BCUT2D eigenvalue weighted by atomic mass is 10.1. The van der Waals surface area contributed by atoms with Gasteiger partial charge in [0.1, 0.15) is 0 Å². The summed E-state index contributed by atoms with van der Waals surface area (Å²) in [6.07, 6.45) is 8.82. The number of unbranched alkanes of at least 4 members (excludes halogenated alkanes) is 5. The van der Waals surface area contributed by atoms with Crippen molar-refractivity contribution in [2.24, 2.45) is 0 Å². The van der Waals surface area contributed by atoms with Crippen LogP contribution < -0.4 is 0 Å². The van der Waals surface area contributed by atoms with Crippen molar-refractivity contribution in [3.8, 4) is 0 Å². The smallest absolute Gasteiger partial charge is 0.306 e. The van der Waals surface area contributed by atoms with Gasteiger partial charge in [-0.1, -0.05) is 39.0 Å². The van der Waals surface area contributed by atoms with E-state index in [-0.39, 0.29) is 12.1 Å². The van der Waals surface area contributed by atoms with E-state index in [2.05, 4.69) is 6.92 Å². The summed E-state index contributed by atoms with van der Waals surface area (Å²) in [5.41, 5.74) is 0. The lowest BCUT2D eigenvalue weighted by Gasteiger charge is -2.08. The maximum Gasteiger partial charge on any atom is 0.306 e. The minimum absolute atomic E-state index is 0.0335. The average molecular weight is 302 g/mol. The molecular weight excluding hydrogens is 268 g/mol. The van der Waals surface area contributed by atoms with Gasteiger partial charge in [-0.05, 0) is 26.7 Å². The zero-order valence-corrected chi connectivity index (χ0v) is 14.2. The Hall–Kier alpha value is -0.610. The molecule has 0 aromatic carbocycles. The van der Waals surface area contributed by atoms with Crippen LogP contribution in [0.25, 0.3) is 0 Å². The Morgan fingerprint density at radius 1 is 0.810 bits per heavy atom. The predicted octanol–water partition coefficient (Wildman–Crippen LogP) is 4.11. The van der Waals surface area contributed by atoms with E-state index in [1.54, 1.807) is 0 Å². The number of carbonyl (C=O) groups excluding carboxylic acids is 1. The molecule has 0 radical (unpaired) electrons. The Kier molecular flexibility index (Phi) is 15.3. The summed E-state index contributed by atoms with van der Waals surface area (Å²) in [7, 11) is 0. The zero-order valence-electron chi connectivity index (χ0n) is 14.2. The second-order valence-corrected chi connectivity index (χ2v) is 5.63. The first-order valence-corrected chi connectivity index (χ1v) is 8.51. The molecule has 0 heterocycles. The maximum atomic E-state index is 11.3. The first-order chi connectivity index (χ1) is 10.2. The van der Waals surface area contributed by atoms with E-state index in [0.717, 1.165) is 13.0 Å². The van der Waals surface area contributed by atoms with Crippen molar-refractivity contribution in [3.05, 3.63) is 0 Å². The fourth-order valence-electron chi connectivity index (χ4n) is 1.95. The van der Waals surface area contributed by atoms with Crippen LogP contribution >= 0.6 is 0 Å². The molecule has 0 amide bonds. The second-order valence-electron chi connectivity index (χ2n) is 5.63. The maximum absolute atomic E-state index is 11.3. The van der Waals surface area contributed by atoms with Gasteiger partial charge >= 0.3 is 5.97 Å². The van der Waals surface area contributed by atoms with Gasteiger partial charge in [0, 0.05) is 19.6 Å².